The Morgan fingerprint density at radius 1 is 1.35 bits per heavy atom. The van der Waals surface area contributed by atoms with Crippen LogP contribution in [0.3, 0.4) is 0 Å². The summed E-state index contributed by atoms with van der Waals surface area (Å²) in [5.41, 5.74) is 2.71. The zero-order valence-corrected chi connectivity index (χ0v) is 14.3. The van der Waals surface area contributed by atoms with Crippen molar-refractivity contribution < 1.29 is 4.92 Å². The van der Waals surface area contributed by atoms with E-state index in [1.165, 1.54) is 23.8 Å². The van der Waals surface area contributed by atoms with Gasteiger partial charge in [-0.1, -0.05) is 35.9 Å². The predicted octanol–water partition coefficient (Wildman–Crippen LogP) is 4.39. The number of nitrogens with one attached hydrogen (secondary N) is 1. The number of nitro groups is 1. The number of hydrogen-bond donors (Lipinski definition) is 1. The van der Waals surface area contributed by atoms with Crippen molar-refractivity contribution in [3.05, 3.63) is 68.7 Å². The highest BCUT2D eigenvalue weighted by atomic mass is 35.5. The molecular formula is C16H16ClN3O2S. The van der Waals surface area contributed by atoms with E-state index >= 15 is 0 Å². The Labute approximate surface area is 145 Å². The smallest absolute Gasteiger partial charge is 0.271 e. The number of nitro benzene ring substituents is 1. The summed E-state index contributed by atoms with van der Waals surface area (Å²) in [5.74, 6) is 0. The zero-order valence-electron chi connectivity index (χ0n) is 12.7. The van der Waals surface area contributed by atoms with Gasteiger partial charge in [0, 0.05) is 25.7 Å². The van der Waals surface area contributed by atoms with Crippen molar-refractivity contribution in [2.45, 2.75) is 13.5 Å². The third kappa shape index (κ3) is 4.40. The summed E-state index contributed by atoms with van der Waals surface area (Å²) in [6.45, 7) is 2.67. The van der Waals surface area contributed by atoms with Gasteiger partial charge in [0.1, 0.15) is 0 Å². The monoisotopic (exact) mass is 349 g/mol. The fourth-order valence-electron chi connectivity index (χ4n) is 2.05. The fraction of sp³-hybridized carbons (Fsp3) is 0.188. The minimum atomic E-state index is -0.471. The van der Waals surface area contributed by atoms with Crippen LogP contribution in [0.4, 0.5) is 11.4 Å². The Balaban J connectivity index is 2.11. The molecule has 5 nitrogen and oxygen atoms in total. The molecule has 0 aliphatic heterocycles. The Morgan fingerprint density at radius 3 is 2.70 bits per heavy atom. The minimum absolute atomic E-state index is 0.0405. The van der Waals surface area contributed by atoms with Crippen LogP contribution in [-0.2, 0) is 6.54 Å². The molecule has 0 aliphatic rings. The largest absolute Gasteiger partial charge is 0.348 e. The summed E-state index contributed by atoms with van der Waals surface area (Å²) in [6.07, 6.45) is 0. The lowest BCUT2D eigenvalue weighted by Crippen LogP contribution is -2.30. The van der Waals surface area contributed by atoms with Crippen molar-refractivity contribution in [1.82, 2.24) is 4.90 Å². The van der Waals surface area contributed by atoms with Crippen LogP contribution in [-0.4, -0.2) is 22.0 Å². The van der Waals surface area contributed by atoms with E-state index in [1.807, 2.05) is 43.1 Å². The standard InChI is InChI=1S/C16H16ClN3O2S/c1-11-5-3-4-6-12(11)10-19(2)16(23)18-15-9-13(20(21)22)7-8-14(15)17/h3-9H,10H2,1-2H3,(H,18,23). The topological polar surface area (TPSA) is 58.4 Å². The minimum Gasteiger partial charge on any atom is -0.348 e. The number of thiocarbonyl (C=S) groups is 1. The first kappa shape index (κ1) is 17.2. The maximum Gasteiger partial charge on any atom is 0.271 e. The van der Waals surface area contributed by atoms with Gasteiger partial charge in [-0.05, 0) is 36.3 Å². The number of halogens is 1. The third-order valence-electron chi connectivity index (χ3n) is 3.42. The lowest BCUT2D eigenvalue weighted by Gasteiger charge is -2.22. The summed E-state index contributed by atoms with van der Waals surface area (Å²) in [5, 5.41) is 14.6. The van der Waals surface area contributed by atoms with Gasteiger partial charge in [0.2, 0.25) is 0 Å². The molecule has 0 radical (unpaired) electrons. The zero-order chi connectivity index (χ0) is 17.0. The molecule has 7 heteroatoms. The Kier molecular flexibility index (Phi) is 5.52. The van der Waals surface area contributed by atoms with E-state index in [9.17, 15) is 10.1 Å². The summed E-state index contributed by atoms with van der Waals surface area (Å²) in [7, 11) is 1.85. The predicted molar refractivity (Wildman–Crippen MR) is 97.0 cm³/mol. The van der Waals surface area contributed by atoms with Crippen molar-refractivity contribution in [3.63, 3.8) is 0 Å². The van der Waals surface area contributed by atoms with E-state index < -0.39 is 4.92 Å². The number of hydrogen-bond acceptors (Lipinski definition) is 3. The second kappa shape index (κ2) is 7.39. The van der Waals surface area contributed by atoms with Gasteiger partial charge in [-0.15, -0.1) is 0 Å². The van der Waals surface area contributed by atoms with Crippen LogP contribution in [0, 0.1) is 17.0 Å². The molecule has 0 amide bonds. The van der Waals surface area contributed by atoms with E-state index in [0.29, 0.717) is 22.4 Å². The average molecular weight is 350 g/mol. The summed E-state index contributed by atoms with van der Waals surface area (Å²) >= 11 is 11.4. The first-order chi connectivity index (χ1) is 10.9. The van der Waals surface area contributed by atoms with Crippen molar-refractivity contribution in [2.24, 2.45) is 0 Å². The molecule has 0 spiro atoms. The second-order valence-corrected chi connectivity index (χ2v) is 5.93. The number of aryl methyl sites for hydroxylation is 1. The molecule has 2 aromatic rings. The van der Waals surface area contributed by atoms with Gasteiger partial charge >= 0.3 is 0 Å². The van der Waals surface area contributed by atoms with E-state index in [2.05, 4.69) is 5.32 Å². The molecule has 0 fully saturated rings. The molecule has 2 aromatic carbocycles. The molecule has 0 saturated carbocycles. The number of anilines is 1. The Bertz CT molecular complexity index is 752. The molecule has 0 saturated heterocycles. The highest BCUT2D eigenvalue weighted by Gasteiger charge is 2.13. The van der Waals surface area contributed by atoms with Gasteiger partial charge < -0.3 is 10.2 Å². The molecule has 0 atom stereocenters. The maximum atomic E-state index is 10.9. The number of benzene rings is 2. The van der Waals surface area contributed by atoms with Crippen molar-refractivity contribution >= 4 is 40.3 Å². The van der Waals surface area contributed by atoms with E-state index in [1.54, 1.807) is 0 Å². The van der Waals surface area contributed by atoms with Crippen molar-refractivity contribution in [1.29, 1.82) is 0 Å². The molecule has 0 unspecified atom stereocenters. The lowest BCUT2D eigenvalue weighted by atomic mass is 10.1. The number of rotatable bonds is 4. The molecule has 0 aromatic heterocycles. The third-order valence-corrected chi connectivity index (χ3v) is 4.16. The van der Waals surface area contributed by atoms with Crippen LogP contribution in [0.5, 0.6) is 0 Å². The molecule has 1 N–H and O–H groups in total. The maximum absolute atomic E-state index is 10.9. The van der Waals surface area contributed by atoms with Gasteiger partial charge in [-0.25, -0.2) is 0 Å². The van der Waals surface area contributed by atoms with Crippen molar-refractivity contribution in [2.75, 3.05) is 12.4 Å². The molecular weight excluding hydrogens is 334 g/mol. The second-order valence-electron chi connectivity index (χ2n) is 5.13. The molecule has 23 heavy (non-hydrogen) atoms. The van der Waals surface area contributed by atoms with Gasteiger partial charge in [-0.2, -0.15) is 0 Å². The van der Waals surface area contributed by atoms with Crippen LogP contribution >= 0.6 is 23.8 Å². The van der Waals surface area contributed by atoms with E-state index in [0.717, 1.165) is 5.56 Å². The molecule has 0 aliphatic carbocycles. The van der Waals surface area contributed by atoms with E-state index in [4.69, 9.17) is 23.8 Å². The SMILES string of the molecule is Cc1ccccc1CN(C)C(=S)Nc1cc([N+](=O)[O-])ccc1Cl. The highest BCUT2D eigenvalue weighted by Crippen LogP contribution is 2.27. The Morgan fingerprint density at radius 2 is 2.04 bits per heavy atom. The van der Waals surface area contributed by atoms with Gasteiger partial charge in [0.15, 0.2) is 5.11 Å². The summed E-state index contributed by atoms with van der Waals surface area (Å²) in [4.78, 5) is 12.2. The van der Waals surface area contributed by atoms with Crippen LogP contribution in [0.2, 0.25) is 5.02 Å². The molecule has 2 rings (SSSR count). The van der Waals surface area contributed by atoms with Crippen LogP contribution < -0.4 is 5.32 Å². The van der Waals surface area contributed by atoms with Crippen LogP contribution in [0.25, 0.3) is 0 Å². The van der Waals surface area contributed by atoms with Gasteiger partial charge in [-0.3, -0.25) is 10.1 Å². The Hall–Kier alpha value is -2.18. The normalized spacial score (nSPS) is 10.2. The number of nitrogens with zero attached hydrogens (tertiary/aromatic N) is 2. The van der Waals surface area contributed by atoms with E-state index in [-0.39, 0.29) is 5.69 Å². The molecule has 0 bridgehead atoms. The number of non-ortho nitro benzene ring substituents is 1. The summed E-state index contributed by atoms with van der Waals surface area (Å²) < 4.78 is 0. The molecule has 120 valence electrons. The van der Waals surface area contributed by atoms with Gasteiger partial charge in [0.25, 0.3) is 5.69 Å². The summed E-state index contributed by atoms with van der Waals surface area (Å²) in [6, 6.07) is 12.2. The average Bonchev–Trinajstić information content (AvgIpc) is 2.51. The van der Waals surface area contributed by atoms with Crippen LogP contribution in [0.15, 0.2) is 42.5 Å². The fourth-order valence-corrected chi connectivity index (χ4v) is 2.39. The first-order valence-corrected chi connectivity index (χ1v) is 7.67. The highest BCUT2D eigenvalue weighted by molar-refractivity contribution is 7.80. The van der Waals surface area contributed by atoms with Gasteiger partial charge in [0.05, 0.1) is 15.6 Å². The van der Waals surface area contributed by atoms with Crippen molar-refractivity contribution in [3.8, 4) is 0 Å². The molecule has 0 heterocycles. The first-order valence-electron chi connectivity index (χ1n) is 6.89. The van der Waals surface area contributed by atoms with Crippen LogP contribution in [0.1, 0.15) is 11.1 Å². The lowest BCUT2D eigenvalue weighted by molar-refractivity contribution is -0.384. The quantitative estimate of drug-likeness (QED) is 0.504.